The van der Waals surface area contributed by atoms with Gasteiger partial charge < -0.3 is 5.11 Å². The predicted octanol–water partition coefficient (Wildman–Crippen LogP) is -0.0188. The fourth-order valence-electron chi connectivity index (χ4n) is 1.54. The zero-order valence-electron chi connectivity index (χ0n) is 9.15. The van der Waals surface area contributed by atoms with Gasteiger partial charge in [-0.3, -0.25) is 0 Å². The molecule has 0 saturated heterocycles. The number of sulfonamides is 1. The third kappa shape index (κ3) is 2.89. The second-order valence-corrected chi connectivity index (χ2v) is 7.52. The summed E-state index contributed by atoms with van der Waals surface area (Å²) in [7, 11) is -7.09. The van der Waals surface area contributed by atoms with E-state index in [0.29, 0.717) is 0 Å². The summed E-state index contributed by atoms with van der Waals surface area (Å²) in [5, 5.41) is 10.1. The topological polar surface area (TPSA) is 101 Å². The second-order valence-electron chi connectivity index (χ2n) is 3.88. The molecule has 1 aromatic rings. The lowest BCUT2D eigenvalue weighted by atomic mass is 10.3. The van der Waals surface area contributed by atoms with Gasteiger partial charge in [0.1, 0.15) is 5.75 Å². The summed E-state index contributed by atoms with van der Waals surface area (Å²) in [6, 6.07) is 4.22. The number of nitrogens with one attached hydrogen (secondary N) is 1. The Morgan fingerprint density at radius 2 is 1.83 bits per heavy atom. The van der Waals surface area contributed by atoms with E-state index in [-0.39, 0.29) is 16.4 Å². The van der Waals surface area contributed by atoms with E-state index in [0.717, 1.165) is 5.41 Å². The zero-order valence-corrected chi connectivity index (χ0v) is 10.8. The van der Waals surface area contributed by atoms with Crippen molar-refractivity contribution in [1.29, 1.82) is 0 Å². The summed E-state index contributed by atoms with van der Waals surface area (Å²) in [5.41, 5.74) is 0. The molecular formula is C10H11NO5S2. The number of phenolic OH excluding ortho intramolecular Hbond substituents is 1. The molecule has 1 unspecified atom stereocenters. The molecule has 6 nitrogen and oxygen atoms in total. The summed E-state index contributed by atoms with van der Waals surface area (Å²) in [6.07, 6.45) is 1.30. The van der Waals surface area contributed by atoms with Crippen molar-refractivity contribution >= 4 is 19.9 Å². The first-order valence-electron chi connectivity index (χ1n) is 5.01. The number of sulfone groups is 1. The van der Waals surface area contributed by atoms with Gasteiger partial charge in [-0.1, -0.05) is 6.08 Å². The molecule has 98 valence electrons. The maximum Gasteiger partial charge on any atom is 0.241 e. The van der Waals surface area contributed by atoms with E-state index in [9.17, 15) is 16.8 Å². The smallest absolute Gasteiger partial charge is 0.241 e. The van der Waals surface area contributed by atoms with E-state index in [1.807, 2.05) is 0 Å². The molecule has 18 heavy (non-hydrogen) atoms. The SMILES string of the molecule is O=S1(=O)C=CC(NS(=O)(=O)c2ccc(O)cc2)C1. The Morgan fingerprint density at radius 1 is 1.22 bits per heavy atom. The van der Waals surface area contributed by atoms with Gasteiger partial charge in [0.05, 0.1) is 16.7 Å². The number of phenols is 1. The van der Waals surface area contributed by atoms with Crippen LogP contribution in [-0.4, -0.2) is 33.7 Å². The van der Waals surface area contributed by atoms with Gasteiger partial charge in [-0.2, -0.15) is 0 Å². The second kappa shape index (κ2) is 4.38. The molecule has 1 atom stereocenters. The lowest BCUT2D eigenvalue weighted by Crippen LogP contribution is -2.35. The fourth-order valence-corrected chi connectivity index (χ4v) is 4.07. The Kier molecular flexibility index (Phi) is 3.18. The maximum absolute atomic E-state index is 11.9. The molecule has 0 bridgehead atoms. The van der Waals surface area contributed by atoms with Gasteiger partial charge in [-0.15, -0.1) is 0 Å². The van der Waals surface area contributed by atoms with E-state index in [1.165, 1.54) is 30.3 Å². The van der Waals surface area contributed by atoms with Gasteiger partial charge in [0, 0.05) is 5.41 Å². The Hall–Kier alpha value is -1.38. The molecule has 0 fully saturated rings. The van der Waals surface area contributed by atoms with Crippen LogP contribution in [0.5, 0.6) is 5.75 Å². The predicted molar refractivity (Wildman–Crippen MR) is 65.1 cm³/mol. The van der Waals surface area contributed by atoms with Crippen LogP contribution in [0.15, 0.2) is 40.6 Å². The minimum Gasteiger partial charge on any atom is -0.508 e. The van der Waals surface area contributed by atoms with E-state index < -0.39 is 25.9 Å². The van der Waals surface area contributed by atoms with Gasteiger partial charge in [0.15, 0.2) is 9.84 Å². The van der Waals surface area contributed by atoms with Crippen LogP contribution in [0.3, 0.4) is 0 Å². The molecule has 1 heterocycles. The van der Waals surface area contributed by atoms with E-state index in [4.69, 9.17) is 5.11 Å². The lowest BCUT2D eigenvalue weighted by Gasteiger charge is -2.10. The Bertz CT molecular complexity index is 673. The first-order valence-corrected chi connectivity index (χ1v) is 8.21. The van der Waals surface area contributed by atoms with Crippen molar-refractivity contribution in [2.75, 3.05) is 5.75 Å². The van der Waals surface area contributed by atoms with Crippen molar-refractivity contribution in [3.8, 4) is 5.75 Å². The standard InChI is InChI=1S/C10H11NO5S2/c12-9-1-3-10(4-2-9)18(15,16)11-8-5-6-17(13,14)7-8/h1-6,8,11-12H,7H2. The summed E-state index contributed by atoms with van der Waals surface area (Å²) < 4.78 is 48.4. The van der Waals surface area contributed by atoms with Crippen molar-refractivity contribution in [2.45, 2.75) is 10.9 Å². The van der Waals surface area contributed by atoms with Crippen LogP contribution in [0.4, 0.5) is 0 Å². The normalized spacial score (nSPS) is 22.1. The van der Waals surface area contributed by atoms with Crippen molar-refractivity contribution in [3.63, 3.8) is 0 Å². The largest absolute Gasteiger partial charge is 0.508 e. The van der Waals surface area contributed by atoms with Crippen molar-refractivity contribution in [1.82, 2.24) is 4.72 Å². The Balaban J connectivity index is 2.19. The molecule has 1 aliphatic rings. The first kappa shape index (κ1) is 13.1. The van der Waals surface area contributed by atoms with Crippen LogP contribution >= 0.6 is 0 Å². The van der Waals surface area contributed by atoms with E-state index in [1.54, 1.807) is 0 Å². The number of rotatable bonds is 3. The highest BCUT2D eigenvalue weighted by atomic mass is 32.2. The van der Waals surface area contributed by atoms with Gasteiger partial charge in [-0.25, -0.2) is 21.6 Å². The van der Waals surface area contributed by atoms with E-state index >= 15 is 0 Å². The number of hydrogen-bond donors (Lipinski definition) is 2. The third-order valence-corrected chi connectivity index (χ3v) is 5.28. The van der Waals surface area contributed by atoms with Crippen molar-refractivity contribution in [3.05, 3.63) is 35.7 Å². The van der Waals surface area contributed by atoms with Crippen molar-refractivity contribution in [2.24, 2.45) is 0 Å². The molecule has 0 saturated carbocycles. The van der Waals surface area contributed by atoms with Gasteiger partial charge in [0.2, 0.25) is 10.0 Å². The maximum atomic E-state index is 11.9. The first-order chi connectivity index (χ1) is 8.28. The summed E-state index contributed by atoms with van der Waals surface area (Å²) >= 11 is 0. The molecule has 0 amide bonds. The summed E-state index contributed by atoms with van der Waals surface area (Å²) in [5.74, 6) is -0.318. The number of hydrogen-bond acceptors (Lipinski definition) is 5. The van der Waals surface area contributed by atoms with Crippen LogP contribution < -0.4 is 4.72 Å². The molecule has 0 aliphatic carbocycles. The van der Waals surface area contributed by atoms with Crippen molar-refractivity contribution < 1.29 is 21.9 Å². The third-order valence-electron chi connectivity index (χ3n) is 2.38. The molecule has 2 N–H and O–H groups in total. The van der Waals surface area contributed by atoms with Gasteiger partial charge in [-0.05, 0) is 24.3 Å². The average Bonchev–Trinajstić information content (AvgIpc) is 2.57. The van der Waals surface area contributed by atoms with Crippen LogP contribution in [0, 0.1) is 0 Å². The molecule has 0 radical (unpaired) electrons. The highest BCUT2D eigenvalue weighted by molar-refractivity contribution is 7.94. The van der Waals surface area contributed by atoms with Gasteiger partial charge >= 0.3 is 0 Å². The molecule has 1 aliphatic heterocycles. The summed E-state index contributed by atoms with van der Waals surface area (Å²) in [4.78, 5) is -0.0296. The Morgan fingerprint density at radius 3 is 2.33 bits per heavy atom. The molecule has 0 aromatic heterocycles. The van der Waals surface area contributed by atoms with Gasteiger partial charge in [0.25, 0.3) is 0 Å². The lowest BCUT2D eigenvalue weighted by molar-refractivity contribution is 0.474. The minimum atomic E-state index is -3.79. The monoisotopic (exact) mass is 289 g/mol. The number of benzene rings is 1. The molecule has 8 heteroatoms. The molecular weight excluding hydrogens is 278 g/mol. The van der Waals surface area contributed by atoms with Crippen LogP contribution in [0.25, 0.3) is 0 Å². The van der Waals surface area contributed by atoms with E-state index in [2.05, 4.69) is 4.72 Å². The summed E-state index contributed by atoms with van der Waals surface area (Å²) in [6.45, 7) is 0. The Labute approximate surface area is 105 Å². The highest BCUT2D eigenvalue weighted by Gasteiger charge is 2.26. The van der Waals surface area contributed by atoms with Crippen LogP contribution in [0.1, 0.15) is 0 Å². The molecule has 0 spiro atoms. The fraction of sp³-hybridized carbons (Fsp3) is 0.200. The average molecular weight is 289 g/mol. The highest BCUT2D eigenvalue weighted by Crippen LogP contribution is 2.16. The zero-order chi connectivity index (χ0) is 13.4. The quantitative estimate of drug-likeness (QED) is 0.814. The van der Waals surface area contributed by atoms with Crippen LogP contribution in [-0.2, 0) is 19.9 Å². The molecule has 2 rings (SSSR count). The minimum absolute atomic E-state index is 0.0296. The number of aromatic hydroxyl groups is 1. The molecule has 1 aromatic carbocycles. The van der Waals surface area contributed by atoms with Crippen LogP contribution in [0.2, 0.25) is 0 Å².